The number of rotatable bonds is 1. The van der Waals surface area contributed by atoms with Gasteiger partial charge in [0.05, 0.1) is 12.2 Å². The first-order valence-corrected chi connectivity index (χ1v) is 8.73. The van der Waals surface area contributed by atoms with Crippen LogP contribution in [-0.4, -0.2) is 35.7 Å². The molecule has 0 aromatic heterocycles. The van der Waals surface area contributed by atoms with Crippen molar-refractivity contribution in [2.45, 2.75) is 56.9 Å². The van der Waals surface area contributed by atoms with Crippen LogP contribution < -0.4 is 0 Å². The molecule has 0 saturated heterocycles. The molecule has 7 atom stereocenters. The van der Waals surface area contributed by atoms with Gasteiger partial charge < -0.3 is 14.9 Å². The van der Waals surface area contributed by atoms with Crippen LogP contribution in [0.3, 0.4) is 0 Å². The second-order valence-electron chi connectivity index (χ2n) is 7.98. The molecule has 3 nitrogen and oxygen atoms in total. The van der Waals surface area contributed by atoms with Crippen LogP contribution in [0, 0.1) is 23.1 Å². The molecule has 5 heteroatoms. The molecule has 3 aliphatic rings. The molecular weight excluding hydrogens is 313 g/mol. The van der Waals surface area contributed by atoms with Crippen LogP contribution in [0.5, 0.6) is 5.75 Å². The van der Waals surface area contributed by atoms with Crippen LogP contribution in [-0.2, 0) is 11.2 Å². The number of hydrogen-bond donors (Lipinski definition) is 2. The number of fused-ring (bicyclic) bond motifs is 5. The standard InChI is InChI=1S/C19H24F2O3/c1-19-8-15(24-2)16-9-5-6-14(22)17(21)10(9)3-4-11(16)12(19)7-13(20)18(19)23/h5-6,11-13,15-16,18,22-23H,3-4,7-8H2,1-2H3/t11?,12?,13-,15+,16?,18+,19+/m1/s1/i20-1. The normalized spacial score (nSPS) is 43.9. The average molecular weight is 337 g/mol. The van der Waals surface area contributed by atoms with Crippen molar-refractivity contribution < 1.29 is 23.7 Å². The summed E-state index contributed by atoms with van der Waals surface area (Å²) in [5.74, 6) is -0.625. The third-order valence-electron chi connectivity index (χ3n) is 7.01. The highest BCUT2D eigenvalue weighted by molar-refractivity contribution is 5.42. The predicted molar refractivity (Wildman–Crippen MR) is 85.1 cm³/mol. The van der Waals surface area contributed by atoms with Gasteiger partial charge in [0.1, 0.15) is 6.17 Å². The zero-order chi connectivity index (χ0) is 17.2. The van der Waals surface area contributed by atoms with Gasteiger partial charge in [-0.25, -0.2) is 8.78 Å². The zero-order valence-corrected chi connectivity index (χ0v) is 14.0. The van der Waals surface area contributed by atoms with Gasteiger partial charge in [0.25, 0.3) is 0 Å². The smallest absolute Gasteiger partial charge is 0.168 e. The summed E-state index contributed by atoms with van der Waals surface area (Å²) in [5.41, 5.74) is 0.957. The average Bonchev–Trinajstić information content (AvgIpc) is 2.80. The number of hydrogen-bond acceptors (Lipinski definition) is 3. The van der Waals surface area contributed by atoms with Crippen molar-refractivity contribution in [1.29, 1.82) is 0 Å². The summed E-state index contributed by atoms with van der Waals surface area (Å²) in [4.78, 5) is 0. The molecule has 0 spiro atoms. The number of phenolic OH excluding ortho intramolecular Hbond substituents is 1. The molecule has 1 aromatic rings. The number of aliphatic hydroxyl groups is 1. The number of methoxy groups -OCH3 is 1. The molecule has 0 radical (unpaired) electrons. The van der Waals surface area contributed by atoms with E-state index in [1.54, 1.807) is 13.2 Å². The molecule has 0 amide bonds. The third kappa shape index (κ3) is 2.00. The van der Waals surface area contributed by atoms with E-state index < -0.39 is 23.5 Å². The maximum Gasteiger partial charge on any atom is 0.168 e. The van der Waals surface area contributed by atoms with Crippen molar-refractivity contribution in [1.82, 2.24) is 0 Å². The third-order valence-corrected chi connectivity index (χ3v) is 7.01. The molecule has 132 valence electrons. The molecule has 24 heavy (non-hydrogen) atoms. The number of ether oxygens (including phenoxy) is 1. The van der Waals surface area contributed by atoms with Crippen molar-refractivity contribution in [3.63, 3.8) is 0 Å². The van der Waals surface area contributed by atoms with Crippen LogP contribution in [0.1, 0.15) is 43.2 Å². The van der Waals surface area contributed by atoms with Crippen LogP contribution in [0.2, 0.25) is 0 Å². The molecular formula is C19H24F2O3. The Hall–Kier alpha value is -1.20. The number of alkyl halides is 1. The van der Waals surface area contributed by atoms with Gasteiger partial charge in [-0.3, -0.25) is 0 Å². The summed E-state index contributed by atoms with van der Waals surface area (Å²) >= 11 is 0. The Balaban J connectivity index is 1.80. The van der Waals surface area contributed by atoms with E-state index in [0.717, 1.165) is 12.0 Å². The van der Waals surface area contributed by atoms with Crippen molar-refractivity contribution in [3.8, 4) is 5.75 Å². The van der Waals surface area contributed by atoms with Crippen molar-refractivity contribution in [2.24, 2.45) is 17.3 Å². The molecule has 1 aromatic carbocycles. The minimum absolute atomic E-state index is 0.00979. The topological polar surface area (TPSA) is 49.7 Å². The van der Waals surface area contributed by atoms with Gasteiger partial charge >= 0.3 is 0 Å². The Kier molecular flexibility index (Phi) is 3.66. The minimum atomic E-state index is -1.20. The molecule has 2 N–H and O–H groups in total. The molecule has 4 rings (SSSR count). The van der Waals surface area contributed by atoms with E-state index in [1.165, 1.54) is 6.07 Å². The van der Waals surface area contributed by atoms with Crippen molar-refractivity contribution in [3.05, 3.63) is 29.1 Å². The van der Waals surface area contributed by atoms with E-state index >= 15 is 0 Å². The first-order chi connectivity index (χ1) is 11.4. The molecule has 3 aliphatic carbocycles. The van der Waals surface area contributed by atoms with Crippen LogP contribution in [0.15, 0.2) is 12.1 Å². The highest BCUT2D eigenvalue weighted by Gasteiger charge is 2.61. The van der Waals surface area contributed by atoms with E-state index in [-0.39, 0.29) is 29.6 Å². The lowest BCUT2D eigenvalue weighted by Gasteiger charge is -2.52. The molecule has 0 bridgehead atoms. The molecule has 2 saturated carbocycles. The lowest BCUT2D eigenvalue weighted by atomic mass is 9.54. The van der Waals surface area contributed by atoms with E-state index in [4.69, 9.17) is 4.74 Å². The van der Waals surface area contributed by atoms with Gasteiger partial charge in [-0.05, 0) is 54.7 Å². The number of benzene rings is 1. The fourth-order valence-corrected chi connectivity index (χ4v) is 5.84. The van der Waals surface area contributed by atoms with Crippen molar-refractivity contribution >= 4 is 0 Å². The summed E-state index contributed by atoms with van der Waals surface area (Å²) in [6, 6.07) is 3.19. The first-order valence-electron chi connectivity index (χ1n) is 8.73. The lowest BCUT2D eigenvalue weighted by Crippen LogP contribution is -2.51. The van der Waals surface area contributed by atoms with E-state index in [2.05, 4.69) is 0 Å². The quantitative estimate of drug-likeness (QED) is 0.826. The van der Waals surface area contributed by atoms with Crippen LogP contribution in [0.4, 0.5) is 8.78 Å². The Labute approximate surface area is 140 Å². The van der Waals surface area contributed by atoms with E-state index in [0.29, 0.717) is 24.8 Å². The lowest BCUT2D eigenvalue weighted by molar-refractivity contribution is -0.0979. The second kappa shape index (κ2) is 5.40. The molecule has 0 aliphatic heterocycles. The summed E-state index contributed by atoms with van der Waals surface area (Å²) in [7, 11) is 1.63. The van der Waals surface area contributed by atoms with Crippen LogP contribution >= 0.6 is 0 Å². The molecule has 0 heterocycles. The molecule has 3 unspecified atom stereocenters. The van der Waals surface area contributed by atoms with Crippen molar-refractivity contribution in [2.75, 3.05) is 7.11 Å². The number of aromatic hydroxyl groups is 1. The fourth-order valence-electron chi connectivity index (χ4n) is 5.84. The Morgan fingerprint density at radius 3 is 2.79 bits per heavy atom. The number of aliphatic hydroxyl groups excluding tert-OH is 1. The number of halogens is 2. The number of phenols is 1. The van der Waals surface area contributed by atoms with Gasteiger partial charge in [0.2, 0.25) is 0 Å². The monoisotopic (exact) mass is 337 g/mol. The second-order valence-corrected chi connectivity index (χ2v) is 7.98. The highest BCUT2D eigenvalue weighted by atomic mass is 19.1. The maximum atomic E-state index is 14.3. The summed E-state index contributed by atoms with van der Waals surface area (Å²) in [6.07, 6.45) is -0.138. The van der Waals surface area contributed by atoms with E-state index in [1.807, 2.05) is 6.92 Å². The van der Waals surface area contributed by atoms with E-state index in [9.17, 15) is 19.0 Å². The van der Waals surface area contributed by atoms with Gasteiger partial charge in [-0.2, -0.15) is 0 Å². The predicted octanol–water partition coefficient (Wildman–Crippen LogP) is 3.32. The summed E-state index contributed by atoms with van der Waals surface area (Å²) in [5, 5.41) is 20.1. The molecule has 2 fully saturated rings. The highest BCUT2D eigenvalue weighted by Crippen LogP contribution is 2.62. The summed E-state index contributed by atoms with van der Waals surface area (Å²) in [6.45, 7) is 1.97. The largest absolute Gasteiger partial charge is 0.505 e. The van der Waals surface area contributed by atoms with Gasteiger partial charge in [-0.1, -0.05) is 13.0 Å². The SMILES string of the molecule is CO[C@H]1C[C@@]2(C)C(C[C@@H]([18F])[C@@H]2O)C2CCc3c(ccc(O)c3F)C21. The van der Waals surface area contributed by atoms with Crippen LogP contribution in [0.25, 0.3) is 0 Å². The van der Waals surface area contributed by atoms with Gasteiger partial charge in [0.15, 0.2) is 11.6 Å². The first kappa shape index (κ1) is 16.3. The maximum absolute atomic E-state index is 14.3. The summed E-state index contributed by atoms with van der Waals surface area (Å²) < 4.78 is 34.4. The minimum Gasteiger partial charge on any atom is -0.505 e. The fraction of sp³-hybridized carbons (Fsp3) is 0.684. The Morgan fingerprint density at radius 2 is 2.08 bits per heavy atom. The Bertz CT molecular complexity index is 664. The van der Waals surface area contributed by atoms with Gasteiger partial charge in [0, 0.05) is 18.4 Å². The Morgan fingerprint density at radius 1 is 1.33 bits per heavy atom. The zero-order valence-electron chi connectivity index (χ0n) is 14.0. The van der Waals surface area contributed by atoms with Gasteiger partial charge in [-0.15, -0.1) is 0 Å².